The van der Waals surface area contributed by atoms with Crippen LogP contribution in [0, 0.1) is 15.5 Å². The molecular weight excluding hydrogens is 206 g/mol. The van der Waals surface area contributed by atoms with Crippen molar-refractivity contribution in [3.05, 3.63) is 39.9 Å². The molecule has 1 aliphatic heterocycles. The quantitative estimate of drug-likeness (QED) is 0.622. The summed E-state index contributed by atoms with van der Waals surface area (Å²) in [6.45, 7) is 2.01. The molecule has 1 aromatic carbocycles. The molecule has 1 fully saturated rings. The van der Waals surface area contributed by atoms with Crippen molar-refractivity contribution in [3.8, 4) is 0 Å². The molecule has 0 amide bonds. The lowest BCUT2D eigenvalue weighted by atomic mass is 10.1. The van der Waals surface area contributed by atoms with E-state index < -0.39 is 0 Å². The van der Waals surface area contributed by atoms with Gasteiger partial charge in [-0.1, -0.05) is 18.2 Å². The van der Waals surface area contributed by atoms with Gasteiger partial charge < -0.3 is 5.41 Å². The van der Waals surface area contributed by atoms with Gasteiger partial charge in [-0.3, -0.25) is 15.0 Å². The maximum atomic E-state index is 10.8. The molecule has 1 N–H and O–H groups in total. The van der Waals surface area contributed by atoms with Crippen molar-refractivity contribution in [1.29, 1.82) is 5.41 Å². The zero-order chi connectivity index (χ0) is 11.5. The highest BCUT2D eigenvalue weighted by atomic mass is 16.6. The molecule has 1 saturated heterocycles. The molecule has 0 saturated carbocycles. The first-order chi connectivity index (χ1) is 7.66. The van der Waals surface area contributed by atoms with Crippen LogP contribution in [0.5, 0.6) is 0 Å². The Morgan fingerprint density at radius 2 is 2.19 bits per heavy atom. The molecule has 84 valence electrons. The summed E-state index contributed by atoms with van der Waals surface area (Å²) in [6.07, 6.45) is 0.778. The fourth-order valence-corrected chi connectivity index (χ4v) is 1.92. The van der Waals surface area contributed by atoms with Gasteiger partial charge in [-0.25, -0.2) is 0 Å². The molecule has 0 atom stereocenters. The number of likely N-dealkylation sites (tertiary alicyclic amines) is 1. The third kappa shape index (κ3) is 2.25. The number of nitro benzene ring substituents is 1. The number of rotatable bonds is 3. The first kappa shape index (κ1) is 10.8. The van der Waals surface area contributed by atoms with E-state index in [1.54, 1.807) is 12.1 Å². The maximum Gasteiger partial charge on any atom is 0.273 e. The van der Waals surface area contributed by atoms with E-state index in [2.05, 4.69) is 4.90 Å². The van der Waals surface area contributed by atoms with Crippen molar-refractivity contribution in [3.63, 3.8) is 0 Å². The molecular formula is C11H13N3O2. The first-order valence-corrected chi connectivity index (χ1v) is 5.18. The van der Waals surface area contributed by atoms with Crippen LogP contribution in [0.3, 0.4) is 0 Å². The zero-order valence-corrected chi connectivity index (χ0v) is 8.85. The summed E-state index contributed by atoms with van der Waals surface area (Å²) in [5.74, 6) is 0. The number of nitrogens with one attached hydrogen (secondary N) is 1. The number of nitro groups is 1. The van der Waals surface area contributed by atoms with Gasteiger partial charge in [0.1, 0.15) is 0 Å². The largest absolute Gasteiger partial charge is 0.308 e. The van der Waals surface area contributed by atoms with Crippen molar-refractivity contribution in [2.45, 2.75) is 13.0 Å². The second-order valence-corrected chi connectivity index (χ2v) is 3.95. The van der Waals surface area contributed by atoms with Gasteiger partial charge in [0.15, 0.2) is 0 Å². The average molecular weight is 219 g/mol. The number of benzene rings is 1. The van der Waals surface area contributed by atoms with Crippen molar-refractivity contribution >= 4 is 11.4 Å². The van der Waals surface area contributed by atoms with E-state index >= 15 is 0 Å². The standard InChI is InChI=1S/C11H13N3O2/c12-10-5-6-13(8-10)7-9-3-1-2-4-11(9)14(15)16/h1-4,12H,5-8H2. The smallest absolute Gasteiger partial charge is 0.273 e. The van der Waals surface area contributed by atoms with Gasteiger partial charge in [0, 0.05) is 37.0 Å². The summed E-state index contributed by atoms with van der Waals surface area (Å²) >= 11 is 0. The second-order valence-electron chi connectivity index (χ2n) is 3.95. The van der Waals surface area contributed by atoms with E-state index in [1.165, 1.54) is 6.07 Å². The lowest BCUT2D eigenvalue weighted by Gasteiger charge is -2.13. The molecule has 0 spiro atoms. The number of para-hydroxylation sites is 1. The molecule has 0 radical (unpaired) electrons. The summed E-state index contributed by atoms with van der Waals surface area (Å²) in [4.78, 5) is 12.5. The zero-order valence-electron chi connectivity index (χ0n) is 8.85. The SMILES string of the molecule is N=C1CCN(Cc2ccccc2[N+](=O)[O-])C1. The van der Waals surface area contributed by atoms with E-state index in [1.807, 2.05) is 6.07 Å². The summed E-state index contributed by atoms with van der Waals surface area (Å²) < 4.78 is 0. The van der Waals surface area contributed by atoms with E-state index in [-0.39, 0.29) is 10.6 Å². The highest BCUT2D eigenvalue weighted by molar-refractivity contribution is 5.85. The topological polar surface area (TPSA) is 70.2 Å². The van der Waals surface area contributed by atoms with Crippen LogP contribution in [-0.4, -0.2) is 28.6 Å². The third-order valence-corrected chi connectivity index (χ3v) is 2.73. The number of hydrogen-bond donors (Lipinski definition) is 1. The minimum atomic E-state index is -0.350. The normalized spacial score (nSPS) is 16.6. The molecule has 1 aromatic rings. The van der Waals surface area contributed by atoms with E-state index in [4.69, 9.17) is 5.41 Å². The Balaban J connectivity index is 2.14. The van der Waals surface area contributed by atoms with Gasteiger partial charge in [-0.15, -0.1) is 0 Å². The molecule has 5 nitrogen and oxygen atoms in total. The highest BCUT2D eigenvalue weighted by Gasteiger charge is 2.20. The fourth-order valence-electron chi connectivity index (χ4n) is 1.92. The second kappa shape index (κ2) is 4.40. The Morgan fingerprint density at radius 1 is 1.44 bits per heavy atom. The Kier molecular flexibility index (Phi) is 2.96. The third-order valence-electron chi connectivity index (χ3n) is 2.73. The molecule has 5 heteroatoms. The van der Waals surface area contributed by atoms with Crippen LogP contribution in [0.4, 0.5) is 5.69 Å². The Labute approximate surface area is 93.3 Å². The first-order valence-electron chi connectivity index (χ1n) is 5.18. The van der Waals surface area contributed by atoms with Gasteiger partial charge in [0.25, 0.3) is 5.69 Å². The van der Waals surface area contributed by atoms with Crippen LogP contribution in [-0.2, 0) is 6.54 Å². The molecule has 0 bridgehead atoms. The van der Waals surface area contributed by atoms with Gasteiger partial charge >= 0.3 is 0 Å². The summed E-state index contributed by atoms with van der Waals surface area (Å²) in [6, 6.07) is 6.79. The molecule has 0 aliphatic carbocycles. The fraction of sp³-hybridized carbons (Fsp3) is 0.364. The molecule has 0 unspecified atom stereocenters. The van der Waals surface area contributed by atoms with Gasteiger partial charge in [-0.05, 0) is 6.42 Å². The van der Waals surface area contributed by atoms with Crippen LogP contribution in [0.2, 0.25) is 0 Å². The highest BCUT2D eigenvalue weighted by Crippen LogP contribution is 2.20. The van der Waals surface area contributed by atoms with Crippen molar-refractivity contribution in [2.75, 3.05) is 13.1 Å². The van der Waals surface area contributed by atoms with Gasteiger partial charge in [-0.2, -0.15) is 0 Å². The summed E-state index contributed by atoms with van der Waals surface area (Å²) in [5, 5.41) is 18.3. The van der Waals surface area contributed by atoms with Crippen LogP contribution < -0.4 is 0 Å². The Hall–Kier alpha value is -1.75. The Bertz CT molecular complexity index is 431. The van der Waals surface area contributed by atoms with Gasteiger partial charge in [0.05, 0.1) is 4.92 Å². The predicted octanol–water partition coefficient (Wildman–Crippen LogP) is 1.82. The van der Waals surface area contributed by atoms with E-state index in [0.717, 1.165) is 18.5 Å². The van der Waals surface area contributed by atoms with Crippen molar-refractivity contribution in [1.82, 2.24) is 4.90 Å². The molecule has 2 rings (SSSR count). The summed E-state index contributed by atoms with van der Waals surface area (Å²) in [5.41, 5.74) is 1.60. The predicted molar refractivity (Wildman–Crippen MR) is 60.7 cm³/mol. The number of hydrogen-bond acceptors (Lipinski definition) is 4. The molecule has 1 aliphatic rings. The average Bonchev–Trinajstić information content (AvgIpc) is 2.64. The maximum absolute atomic E-state index is 10.8. The van der Waals surface area contributed by atoms with Crippen LogP contribution in [0.25, 0.3) is 0 Å². The molecule has 1 heterocycles. The minimum absolute atomic E-state index is 0.168. The minimum Gasteiger partial charge on any atom is -0.308 e. The number of nitrogens with zero attached hydrogens (tertiary/aromatic N) is 2. The van der Waals surface area contributed by atoms with E-state index in [9.17, 15) is 10.1 Å². The van der Waals surface area contributed by atoms with Crippen LogP contribution in [0.15, 0.2) is 24.3 Å². The molecule has 0 aromatic heterocycles. The lowest BCUT2D eigenvalue weighted by molar-refractivity contribution is -0.385. The monoisotopic (exact) mass is 219 g/mol. The lowest BCUT2D eigenvalue weighted by Crippen LogP contribution is -2.20. The molecule has 16 heavy (non-hydrogen) atoms. The van der Waals surface area contributed by atoms with E-state index in [0.29, 0.717) is 18.8 Å². The summed E-state index contributed by atoms with van der Waals surface area (Å²) in [7, 11) is 0. The van der Waals surface area contributed by atoms with Crippen molar-refractivity contribution < 1.29 is 4.92 Å². The van der Waals surface area contributed by atoms with Crippen LogP contribution in [0.1, 0.15) is 12.0 Å². The van der Waals surface area contributed by atoms with Crippen molar-refractivity contribution in [2.24, 2.45) is 0 Å². The van der Waals surface area contributed by atoms with Gasteiger partial charge in [0.2, 0.25) is 0 Å². The van der Waals surface area contributed by atoms with Crippen LogP contribution >= 0.6 is 0 Å². The Morgan fingerprint density at radius 3 is 2.81 bits per heavy atom.